The summed E-state index contributed by atoms with van der Waals surface area (Å²) in [5, 5.41) is 12.0. The molecule has 2 aromatic carbocycles. The van der Waals surface area contributed by atoms with Gasteiger partial charge in [-0.3, -0.25) is 14.5 Å². The van der Waals surface area contributed by atoms with Crippen molar-refractivity contribution in [1.29, 1.82) is 0 Å². The summed E-state index contributed by atoms with van der Waals surface area (Å²) in [6.45, 7) is 3.59. The molecule has 2 N–H and O–H groups in total. The van der Waals surface area contributed by atoms with E-state index in [-0.39, 0.29) is 18.8 Å². The zero-order valence-corrected chi connectivity index (χ0v) is 15.5. The van der Waals surface area contributed by atoms with Crippen molar-refractivity contribution in [2.45, 2.75) is 13.8 Å². The van der Waals surface area contributed by atoms with Crippen LogP contribution in [0.2, 0.25) is 0 Å². The minimum Gasteiger partial charge on any atom is -0.436 e. The van der Waals surface area contributed by atoms with Crippen LogP contribution in [-0.4, -0.2) is 40.0 Å². The van der Waals surface area contributed by atoms with Gasteiger partial charge in [0.05, 0.1) is 13.2 Å². The molecule has 1 aliphatic rings. The molecular formula is C21H19N3O4. The van der Waals surface area contributed by atoms with E-state index in [4.69, 9.17) is 9.52 Å². The number of fused-ring (bicyclic) bond motifs is 1. The number of aliphatic hydroxyl groups excluding tert-OH is 1. The normalized spacial score (nSPS) is 14.1. The van der Waals surface area contributed by atoms with Gasteiger partial charge in [0.25, 0.3) is 11.8 Å². The van der Waals surface area contributed by atoms with Gasteiger partial charge in [-0.05, 0) is 49.2 Å². The van der Waals surface area contributed by atoms with Crippen LogP contribution >= 0.6 is 0 Å². The highest BCUT2D eigenvalue weighted by atomic mass is 16.3. The van der Waals surface area contributed by atoms with Crippen LogP contribution < -0.4 is 5.32 Å². The highest BCUT2D eigenvalue weighted by molar-refractivity contribution is 6.17. The molecule has 2 amide bonds. The maximum Gasteiger partial charge on any atom is 0.277 e. The molecule has 0 aliphatic carbocycles. The number of hydrogen-bond donors (Lipinski definition) is 2. The number of rotatable bonds is 5. The number of anilines is 1. The zero-order chi connectivity index (χ0) is 19.8. The maximum absolute atomic E-state index is 12.4. The molecule has 0 saturated carbocycles. The molecule has 0 bridgehead atoms. The van der Waals surface area contributed by atoms with E-state index < -0.39 is 11.8 Å². The number of aryl methyl sites for hydroxylation is 2. The van der Waals surface area contributed by atoms with Crippen molar-refractivity contribution in [1.82, 2.24) is 9.88 Å². The summed E-state index contributed by atoms with van der Waals surface area (Å²) in [5.74, 6) is -0.417. The number of aliphatic hydroxyl groups is 1. The molecule has 4 rings (SSSR count). The Morgan fingerprint density at radius 3 is 2.75 bits per heavy atom. The fraction of sp³-hybridized carbons (Fsp3) is 0.190. The smallest absolute Gasteiger partial charge is 0.277 e. The lowest BCUT2D eigenvalue weighted by atomic mass is 10.1. The number of amides is 2. The van der Waals surface area contributed by atoms with E-state index in [0.717, 1.165) is 27.1 Å². The van der Waals surface area contributed by atoms with E-state index in [1.807, 2.05) is 50.2 Å². The van der Waals surface area contributed by atoms with Crippen LogP contribution in [0, 0.1) is 13.8 Å². The fourth-order valence-corrected chi connectivity index (χ4v) is 3.11. The third kappa shape index (κ3) is 3.16. The highest BCUT2D eigenvalue weighted by Gasteiger charge is 2.30. The average molecular weight is 377 g/mol. The van der Waals surface area contributed by atoms with Crippen molar-refractivity contribution in [3.63, 3.8) is 0 Å². The molecule has 3 aromatic rings. The molecule has 28 heavy (non-hydrogen) atoms. The molecule has 1 aromatic heterocycles. The number of hydrogen-bond acceptors (Lipinski definition) is 6. The second kappa shape index (κ2) is 6.94. The lowest BCUT2D eigenvalue weighted by Gasteiger charge is -2.14. The van der Waals surface area contributed by atoms with E-state index in [9.17, 15) is 9.59 Å². The summed E-state index contributed by atoms with van der Waals surface area (Å²) in [7, 11) is 0. The van der Waals surface area contributed by atoms with Gasteiger partial charge in [0.15, 0.2) is 5.58 Å². The van der Waals surface area contributed by atoms with Crippen molar-refractivity contribution in [3.05, 3.63) is 59.3 Å². The number of aromatic nitrogens is 1. The van der Waals surface area contributed by atoms with Crippen LogP contribution in [0.1, 0.15) is 11.1 Å². The van der Waals surface area contributed by atoms with Gasteiger partial charge in [-0.1, -0.05) is 12.1 Å². The van der Waals surface area contributed by atoms with E-state index >= 15 is 0 Å². The molecule has 0 fully saturated rings. The van der Waals surface area contributed by atoms with Gasteiger partial charge in [-0.15, -0.1) is 0 Å². The number of β-amino-alcohol motifs (C(OH)–C–C–N with tert-alkyl or cyclic N) is 1. The summed E-state index contributed by atoms with van der Waals surface area (Å²) >= 11 is 0. The molecule has 0 spiro atoms. The van der Waals surface area contributed by atoms with Gasteiger partial charge in [0.1, 0.15) is 11.2 Å². The Labute approximate surface area is 161 Å². The molecule has 0 atom stereocenters. The number of carbonyl (C=O) groups excluding carboxylic acids is 2. The van der Waals surface area contributed by atoms with Crippen LogP contribution in [0.5, 0.6) is 0 Å². The number of nitrogens with zero attached hydrogens (tertiary/aromatic N) is 2. The molecule has 0 saturated heterocycles. The number of nitrogens with one attached hydrogen (secondary N) is 1. The number of carbonyl (C=O) groups is 2. The Hall–Kier alpha value is -3.45. The Morgan fingerprint density at radius 2 is 1.96 bits per heavy atom. The van der Waals surface area contributed by atoms with Gasteiger partial charge in [0.2, 0.25) is 5.89 Å². The van der Waals surface area contributed by atoms with E-state index in [0.29, 0.717) is 17.2 Å². The molecule has 0 unspecified atom stereocenters. The predicted molar refractivity (Wildman–Crippen MR) is 104 cm³/mol. The number of benzene rings is 2. The molecule has 1 aliphatic heterocycles. The van der Waals surface area contributed by atoms with Gasteiger partial charge in [-0.25, -0.2) is 4.98 Å². The van der Waals surface area contributed by atoms with Crippen LogP contribution in [0.3, 0.4) is 0 Å². The first-order chi connectivity index (χ1) is 13.5. The Bertz CT molecular complexity index is 1130. The van der Waals surface area contributed by atoms with Gasteiger partial charge in [-0.2, -0.15) is 0 Å². The summed E-state index contributed by atoms with van der Waals surface area (Å²) in [5.41, 5.74) is 5.09. The third-order valence-electron chi connectivity index (χ3n) is 4.63. The summed E-state index contributed by atoms with van der Waals surface area (Å²) in [4.78, 5) is 29.8. The van der Waals surface area contributed by atoms with Crippen LogP contribution in [0.4, 0.5) is 5.69 Å². The van der Waals surface area contributed by atoms with Crippen LogP contribution in [-0.2, 0) is 9.59 Å². The summed E-state index contributed by atoms with van der Waals surface area (Å²) in [6.07, 6.45) is 1.24. The summed E-state index contributed by atoms with van der Waals surface area (Å²) in [6, 6.07) is 11.4. The van der Waals surface area contributed by atoms with Crippen molar-refractivity contribution >= 4 is 28.6 Å². The fourth-order valence-electron chi connectivity index (χ4n) is 3.11. The topological polar surface area (TPSA) is 95.7 Å². The zero-order valence-electron chi connectivity index (χ0n) is 15.5. The minimum absolute atomic E-state index is 0.0271. The molecule has 142 valence electrons. The third-order valence-corrected chi connectivity index (χ3v) is 4.63. The lowest BCUT2D eigenvalue weighted by molar-refractivity contribution is -0.137. The van der Waals surface area contributed by atoms with Gasteiger partial charge < -0.3 is 14.8 Å². The first-order valence-corrected chi connectivity index (χ1v) is 8.90. The minimum atomic E-state index is -0.457. The van der Waals surface area contributed by atoms with E-state index in [1.54, 1.807) is 0 Å². The number of oxazole rings is 1. The van der Waals surface area contributed by atoms with Crippen LogP contribution in [0.15, 0.2) is 52.6 Å². The monoisotopic (exact) mass is 377 g/mol. The van der Waals surface area contributed by atoms with E-state index in [1.165, 1.54) is 6.08 Å². The van der Waals surface area contributed by atoms with Gasteiger partial charge >= 0.3 is 0 Å². The number of imide groups is 1. The first-order valence-electron chi connectivity index (χ1n) is 8.90. The maximum atomic E-state index is 12.4. The van der Waals surface area contributed by atoms with Gasteiger partial charge in [0, 0.05) is 17.3 Å². The Morgan fingerprint density at radius 1 is 1.14 bits per heavy atom. The Balaban J connectivity index is 1.65. The van der Waals surface area contributed by atoms with Crippen molar-refractivity contribution in [2.75, 3.05) is 18.5 Å². The average Bonchev–Trinajstić information content (AvgIpc) is 3.19. The van der Waals surface area contributed by atoms with Crippen molar-refractivity contribution in [3.8, 4) is 11.5 Å². The first kappa shape index (κ1) is 17.9. The van der Waals surface area contributed by atoms with Crippen LogP contribution in [0.25, 0.3) is 22.6 Å². The highest BCUT2D eigenvalue weighted by Crippen LogP contribution is 2.29. The SMILES string of the molecule is Cc1ccc2oc(-c3ccc(C)c(NC4=CC(=O)N(CCO)C4=O)c3)nc2c1. The molecule has 0 radical (unpaired) electrons. The summed E-state index contributed by atoms with van der Waals surface area (Å²) < 4.78 is 5.85. The predicted octanol–water partition coefficient (Wildman–Crippen LogP) is 2.77. The Kier molecular flexibility index (Phi) is 4.44. The molecule has 7 nitrogen and oxygen atoms in total. The molecule has 2 heterocycles. The second-order valence-electron chi connectivity index (χ2n) is 6.72. The molecule has 7 heteroatoms. The van der Waals surface area contributed by atoms with Crippen molar-refractivity contribution < 1.29 is 19.1 Å². The van der Waals surface area contributed by atoms with E-state index in [2.05, 4.69) is 10.3 Å². The van der Waals surface area contributed by atoms with Crippen molar-refractivity contribution in [2.24, 2.45) is 0 Å². The molecular weight excluding hydrogens is 358 g/mol. The largest absolute Gasteiger partial charge is 0.436 e. The standard InChI is InChI=1S/C21H19N3O4/c1-12-3-6-18-16(9-12)23-20(28-18)14-5-4-13(2)15(10-14)22-17-11-19(26)24(7-8-25)21(17)27/h3-6,9-11,22,25H,7-8H2,1-2H3. The second-order valence-corrected chi connectivity index (χ2v) is 6.72. The quantitative estimate of drug-likeness (QED) is 0.664. The lowest BCUT2D eigenvalue weighted by Crippen LogP contribution is -2.34.